The maximum absolute atomic E-state index is 12.9. The molecule has 0 bridgehead atoms. The van der Waals surface area contributed by atoms with Crippen LogP contribution in [0.2, 0.25) is 5.02 Å². The molecule has 2 aromatic carbocycles. The van der Waals surface area contributed by atoms with Crippen molar-refractivity contribution in [2.45, 2.75) is 19.9 Å². The van der Waals surface area contributed by atoms with Crippen molar-refractivity contribution in [2.75, 3.05) is 25.1 Å². The van der Waals surface area contributed by atoms with Crippen LogP contribution in [0, 0.1) is 6.92 Å². The normalized spacial score (nSPS) is 17.4. The summed E-state index contributed by atoms with van der Waals surface area (Å²) in [7, 11) is 1.58. The monoisotopic (exact) mass is 372 g/mol. The Bertz CT molecular complexity index is 835. The van der Waals surface area contributed by atoms with E-state index in [4.69, 9.17) is 16.3 Å². The van der Waals surface area contributed by atoms with Crippen molar-refractivity contribution in [2.24, 2.45) is 0 Å². The van der Waals surface area contributed by atoms with Crippen molar-refractivity contribution in [3.05, 3.63) is 58.6 Å². The van der Waals surface area contributed by atoms with E-state index in [1.165, 1.54) is 0 Å². The Hall–Kier alpha value is -2.53. The highest BCUT2D eigenvalue weighted by molar-refractivity contribution is 6.31. The number of carbonyl (C=O) groups excluding carboxylic acids is 2. The van der Waals surface area contributed by atoms with Crippen LogP contribution in [-0.4, -0.2) is 43.0 Å². The lowest BCUT2D eigenvalue weighted by atomic mass is 10.1. The van der Waals surface area contributed by atoms with Gasteiger partial charge in [0.05, 0.1) is 7.11 Å². The van der Waals surface area contributed by atoms with Gasteiger partial charge in [-0.25, -0.2) is 0 Å². The highest BCUT2D eigenvalue weighted by atomic mass is 35.5. The fourth-order valence-corrected chi connectivity index (χ4v) is 3.34. The molecular weight excluding hydrogens is 352 g/mol. The van der Waals surface area contributed by atoms with Crippen molar-refractivity contribution < 1.29 is 14.3 Å². The van der Waals surface area contributed by atoms with Crippen LogP contribution in [0.5, 0.6) is 5.75 Å². The lowest BCUT2D eigenvalue weighted by Gasteiger charge is -2.39. The minimum absolute atomic E-state index is 0.108. The Labute approximate surface area is 158 Å². The van der Waals surface area contributed by atoms with Crippen LogP contribution >= 0.6 is 11.6 Å². The number of nitrogens with zero attached hydrogens (tertiary/aromatic N) is 2. The predicted molar refractivity (Wildman–Crippen MR) is 102 cm³/mol. The number of hydrogen-bond acceptors (Lipinski definition) is 3. The SMILES string of the molecule is COc1ccc(C(=O)N2CCN(c3cccc(Cl)c3C)C(=O)C2C)cc1. The summed E-state index contributed by atoms with van der Waals surface area (Å²) in [6, 6.07) is 11.9. The van der Waals surface area contributed by atoms with Gasteiger partial charge in [-0.2, -0.15) is 0 Å². The summed E-state index contributed by atoms with van der Waals surface area (Å²) in [4.78, 5) is 29.0. The number of carbonyl (C=O) groups is 2. The van der Waals surface area contributed by atoms with Gasteiger partial charge in [-0.3, -0.25) is 9.59 Å². The van der Waals surface area contributed by atoms with Gasteiger partial charge in [-0.1, -0.05) is 17.7 Å². The summed E-state index contributed by atoms with van der Waals surface area (Å²) in [6.45, 7) is 4.55. The standard InChI is InChI=1S/C20H21ClN2O3/c1-13-17(21)5-4-6-18(13)23-12-11-22(14(2)19(23)24)20(25)15-7-9-16(26-3)10-8-15/h4-10,14H,11-12H2,1-3H3. The molecule has 1 unspecified atom stereocenters. The van der Waals surface area contributed by atoms with E-state index in [1.54, 1.807) is 54.2 Å². The smallest absolute Gasteiger partial charge is 0.254 e. The molecule has 0 N–H and O–H groups in total. The number of anilines is 1. The zero-order chi connectivity index (χ0) is 18.8. The predicted octanol–water partition coefficient (Wildman–Crippen LogP) is 3.53. The van der Waals surface area contributed by atoms with E-state index in [0.29, 0.717) is 29.4 Å². The minimum atomic E-state index is -0.545. The molecule has 1 aliphatic rings. The molecule has 2 aromatic rings. The molecule has 2 amide bonds. The first-order valence-corrected chi connectivity index (χ1v) is 8.83. The fourth-order valence-electron chi connectivity index (χ4n) is 3.17. The van der Waals surface area contributed by atoms with Gasteiger partial charge in [-0.15, -0.1) is 0 Å². The van der Waals surface area contributed by atoms with Gasteiger partial charge in [0.2, 0.25) is 5.91 Å². The molecule has 1 saturated heterocycles. The molecule has 0 aliphatic carbocycles. The molecule has 1 fully saturated rings. The maximum Gasteiger partial charge on any atom is 0.254 e. The summed E-state index contributed by atoms with van der Waals surface area (Å²) in [5.41, 5.74) is 2.20. The topological polar surface area (TPSA) is 49.9 Å². The molecule has 26 heavy (non-hydrogen) atoms. The summed E-state index contributed by atoms with van der Waals surface area (Å²) in [5.74, 6) is 0.423. The number of methoxy groups -OCH3 is 1. The van der Waals surface area contributed by atoms with E-state index in [9.17, 15) is 9.59 Å². The number of amides is 2. The molecule has 0 radical (unpaired) electrons. The van der Waals surface area contributed by atoms with Crippen molar-refractivity contribution in [3.8, 4) is 5.75 Å². The lowest BCUT2D eigenvalue weighted by Crippen LogP contribution is -2.57. The third-order valence-electron chi connectivity index (χ3n) is 4.78. The number of halogens is 1. The summed E-state index contributed by atoms with van der Waals surface area (Å²) in [5, 5.41) is 0.625. The average Bonchev–Trinajstić information content (AvgIpc) is 2.66. The second-order valence-electron chi connectivity index (χ2n) is 6.28. The largest absolute Gasteiger partial charge is 0.497 e. The van der Waals surface area contributed by atoms with E-state index < -0.39 is 6.04 Å². The lowest BCUT2D eigenvalue weighted by molar-refractivity contribution is -0.124. The highest BCUT2D eigenvalue weighted by Crippen LogP contribution is 2.29. The van der Waals surface area contributed by atoms with E-state index in [1.807, 2.05) is 19.1 Å². The van der Waals surface area contributed by atoms with Gasteiger partial charge in [0.25, 0.3) is 5.91 Å². The number of ether oxygens (including phenoxy) is 1. The third kappa shape index (κ3) is 3.27. The maximum atomic E-state index is 12.9. The van der Waals surface area contributed by atoms with Crippen LogP contribution in [-0.2, 0) is 4.79 Å². The summed E-state index contributed by atoms with van der Waals surface area (Å²) in [6.07, 6.45) is 0. The zero-order valence-electron chi connectivity index (χ0n) is 15.0. The van der Waals surface area contributed by atoms with Gasteiger partial charge in [-0.05, 0) is 55.8 Å². The minimum Gasteiger partial charge on any atom is -0.497 e. The summed E-state index contributed by atoms with van der Waals surface area (Å²) < 4.78 is 5.12. The first-order valence-electron chi connectivity index (χ1n) is 8.45. The van der Waals surface area contributed by atoms with Crippen LogP contribution in [0.1, 0.15) is 22.8 Å². The van der Waals surface area contributed by atoms with Crippen LogP contribution in [0.4, 0.5) is 5.69 Å². The molecule has 1 atom stereocenters. The van der Waals surface area contributed by atoms with Crippen molar-refractivity contribution >= 4 is 29.1 Å². The van der Waals surface area contributed by atoms with Crippen LogP contribution in [0.15, 0.2) is 42.5 Å². The Morgan fingerprint density at radius 2 is 1.85 bits per heavy atom. The van der Waals surface area contributed by atoms with Crippen molar-refractivity contribution in [1.82, 2.24) is 4.90 Å². The Balaban J connectivity index is 1.81. The molecule has 5 nitrogen and oxygen atoms in total. The Morgan fingerprint density at radius 3 is 2.50 bits per heavy atom. The second kappa shape index (κ2) is 7.38. The number of rotatable bonds is 3. The first kappa shape index (κ1) is 18.3. The van der Waals surface area contributed by atoms with E-state index >= 15 is 0 Å². The van der Waals surface area contributed by atoms with E-state index in [0.717, 1.165) is 11.3 Å². The Morgan fingerprint density at radius 1 is 1.15 bits per heavy atom. The van der Waals surface area contributed by atoms with Gasteiger partial charge >= 0.3 is 0 Å². The molecule has 6 heteroatoms. The van der Waals surface area contributed by atoms with Gasteiger partial charge < -0.3 is 14.5 Å². The quantitative estimate of drug-likeness (QED) is 0.828. The summed E-state index contributed by atoms with van der Waals surface area (Å²) >= 11 is 6.19. The van der Waals surface area contributed by atoms with Crippen LogP contribution in [0.3, 0.4) is 0 Å². The van der Waals surface area contributed by atoms with Gasteiger partial charge in [0.15, 0.2) is 0 Å². The number of benzene rings is 2. The second-order valence-corrected chi connectivity index (χ2v) is 6.68. The van der Waals surface area contributed by atoms with Crippen molar-refractivity contribution in [1.29, 1.82) is 0 Å². The zero-order valence-corrected chi connectivity index (χ0v) is 15.8. The molecule has 1 heterocycles. The molecular formula is C20H21ClN2O3. The molecule has 136 valence electrons. The average molecular weight is 373 g/mol. The van der Waals surface area contributed by atoms with Gasteiger partial charge in [0.1, 0.15) is 11.8 Å². The molecule has 3 rings (SSSR count). The Kier molecular flexibility index (Phi) is 5.18. The van der Waals surface area contributed by atoms with E-state index in [2.05, 4.69) is 0 Å². The number of hydrogen-bond donors (Lipinski definition) is 0. The molecule has 0 spiro atoms. The molecule has 1 aliphatic heterocycles. The van der Waals surface area contributed by atoms with Crippen LogP contribution in [0.25, 0.3) is 0 Å². The van der Waals surface area contributed by atoms with Crippen molar-refractivity contribution in [3.63, 3.8) is 0 Å². The number of piperazine rings is 1. The van der Waals surface area contributed by atoms with E-state index in [-0.39, 0.29) is 11.8 Å². The fraction of sp³-hybridized carbons (Fsp3) is 0.300. The molecule has 0 aromatic heterocycles. The van der Waals surface area contributed by atoms with Gasteiger partial charge in [0, 0.05) is 29.4 Å². The van der Waals surface area contributed by atoms with Crippen LogP contribution < -0.4 is 9.64 Å². The first-order chi connectivity index (χ1) is 12.4. The molecule has 0 saturated carbocycles. The third-order valence-corrected chi connectivity index (χ3v) is 5.19. The highest BCUT2D eigenvalue weighted by Gasteiger charge is 2.35.